The third-order valence-corrected chi connectivity index (χ3v) is 2.87. The standard InChI is InChI=1S/C12H8F4N2S/c1-19-11-17-9(6-10(18-11)12(14,15)16)7-2-4-8(13)5-3-7/h2-6H,1H3. The minimum Gasteiger partial charge on any atom is -0.222 e. The second-order valence-corrected chi connectivity index (χ2v) is 4.40. The molecule has 19 heavy (non-hydrogen) atoms. The number of hydrogen-bond acceptors (Lipinski definition) is 3. The first-order valence-corrected chi connectivity index (χ1v) is 6.39. The van der Waals surface area contributed by atoms with Gasteiger partial charge in [-0.1, -0.05) is 11.8 Å². The largest absolute Gasteiger partial charge is 0.433 e. The molecule has 0 aliphatic heterocycles. The molecule has 0 radical (unpaired) electrons. The predicted molar refractivity (Wildman–Crippen MR) is 64.2 cm³/mol. The molecule has 0 N–H and O–H groups in total. The molecule has 0 saturated carbocycles. The van der Waals surface area contributed by atoms with Crippen LogP contribution >= 0.6 is 11.8 Å². The molecule has 0 unspecified atom stereocenters. The lowest BCUT2D eigenvalue weighted by molar-refractivity contribution is -0.141. The monoisotopic (exact) mass is 288 g/mol. The van der Waals surface area contributed by atoms with E-state index in [1.165, 1.54) is 24.3 Å². The SMILES string of the molecule is CSc1nc(-c2ccc(F)cc2)cc(C(F)(F)F)n1. The summed E-state index contributed by atoms with van der Waals surface area (Å²) in [5.41, 5.74) is -0.484. The molecule has 7 heteroatoms. The van der Waals surface area contributed by atoms with E-state index < -0.39 is 17.7 Å². The third kappa shape index (κ3) is 3.23. The van der Waals surface area contributed by atoms with E-state index in [2.05, 4.69) is 9.97 Å². The lowest BCUT2D eigenvalue weighted by Gasteiger charge is -2.09. The number of thioether (sulfide) groups is 1. The van der Waals surface area contributed by atoms with Gasteiger partial charge in [0.1, 0.15) is 11.5 Å². The zero-order valence-electron chi connectivity index (χ0n) is 9.70. The minimum absolute atomic E-state index is 0.0224. The summed E-state index contributed by atoms with van der Waals surface area (Å²) in [7, 11) is 0. The number of hydrogen-bond donors (Lipinski definition) is 0. The molecule has 0 aliphatic rings. The zero-order chi connectivity index (χ0) is 14.0. The Hall–Kier alpha value is -1.63. The van der Waals surface area contributed by atoms with Crippen molar-refractivity contribution in [3.05, 3.63) is 41.8 Å². The van der Waals surface area contributed by atoms with Gasteiger partial charge in [0, 0.05) is 5.56 Å². The van der Waals surface area contributed by atoms with Crippen molar-refractivity contribution in [3.63, 3.8) is 0 Å². The van der Waals surface area contributed by atoms with Gasteiger partial charge in [-0.3, -0.25) is 0 Å². The molecule has 2 nitrogen and oxygen atoms in total. The summed E-state index contributed by atoms with van der Waals surface area (Å²) < 4.78 is 50.9. The van der Waals surface area contributed by atoms with E-state index in [-0.39, 0.29) is 10.9 Å². The second kappa shape index (κ2) is 5.16. The van der Waals surface area contributed by atoms with E-state index in [1.807, 2.05) is 0 Å². The van der Waals surface area contributed by atoms with Crippen LogP contribution in [0.3, 0.4) is 0 Å². The van der Waals surface area contributed by atoms with Gasteiger partial charge in [0.25, 0.3) is 0 Å². The van der Waals surface area contributed by atoms with Crippen molar-refractivity contribution in [1.82, 2.24) is 9.97 Å². The van der Waals surface area contributed by atoms with Crippen LogP contribution in [0.1, 0.15) is 5.69 Å². The molecule has 1 aromatic heterocycles. The highest BCUT2D eigenvalue weighted by Crippen LogP contribution is 2.31. The van der Waals surface area contributed by atoms with E-state index in [4.69, 9.17) is 0 Å². The molecule has 0 atom stereocenters. The smallest absolute Gasteiger partial charge is 0.222 e. The van der Waals surface area contributed by atoms with E-state index in [9.17, 15) is 17.6 Å². The molecule has 0 bridgehead atoms. The summed E-state index contributed by atoms with van der Waals surface area (Å²) in [5.74, 6) is -0.459. The first-order chi connectivity index (χ1) is 8.90. The number of rotatable bonds is 2. The molecule has 0 spiro atoms. The molecular weight excluding hydrogens is 280 g/mol. The Morgan fingerprint density at radius 3 is 2.21 bits per heavy atom. The van der Waals surface area contributed by atoms with Crippen LogP contribution in [0.5, 0.6) is 0 Å². The van der Waals surface area contributed by atoms with Gasteiger partial charge in [-0.25, -0.2) is 14.4 Å². The molecule has 100 valence electrons. The van der Waals surface area contributed by atoms with E-state index in [0.717, 1.165) is 17.8 Å². The van der Waals surface area contributed by atoms with Gasteiger partial charge < -0.3 is 0 Å². The fourth-order valence-corrected chi connectivity index (χ4v) is 1.81. The zero-order valence-corrected chi connectivity index (χ0v) is 10.5. The summed E-state index contributed by atoms with van der Waals surface area (Å²) in [6.07, 6.45) is -2.95. The number of benzene rings is 1. The quantitative estimate of drug-likeness (QED) is 0.474. The van der Waals surface area contributed by atoms with E-state index >= 15 is 0 Å². The predicted octanol–water partition coefficient (Wildman–Crippen LogP) is 4.02. The van der Waals surface area contributed by atoms with E-state index in [1.54, 1.807) is 6.26 Å². The average molecular weight is 288 g/mol. The van der Waals surface area contributed by atoms with Crippen LogP contribution in [0.2, 0.25) is 0 Å². The summed E-state index contributed by atoms with van der Waals surface area (Å²) in [6, 6.07) is 5.95. The molecule has 2 rings (SSSR count). The van der Waals surface area contributed by atoms with Crippen molar-refractivity contribution in [2.24, 2.45) is 0 Å². The van der Waals surface area contributed by atoms with Gasteiger partial charge >= 0.3 is 6.18 Å². The van der Waals surface area contributed by atoms with Crippen LogP contribution in [0, 0.1) is 5.82 Å². The molecule has 2 aromatic rings. The van der Waals surface area contributed by atoms with Gasteiger partial charge in [0.05, 0.1) is 5.69 Å². The maximum absolute atomic E-state index is 12.8. The molecule has 0 fully saturated rings. The van der Waals surface area contributed by atoms with Crippen LogP contribution in [-0.4, -0.2) is 16.2 Å². The van der Waals surface area contributed by atoms with Crippen molar-refractivity contribution in [3.8, 4) is 11.3 Å². The van der Waals surface area contributed by atoms with Crippen molar-refractivity contribution < 1.29 is 17.6 Å². The molecule has 0 saturated heterocycles. The topological polar surface area (TPSA) is 25.8 Å². The Labute approximate surface area is 110 Å². The van der Waals surface area contributed by atoms with Crippen LogP contribution in [0.15, 0.2) is 35.5 Å². The Bertz CT molecular complexity index is 581. The van der Waals surface area contributed by atoms with Crippen LogP contribution in [0.4, 0.5) is 17.6 Å². The van der Waals surface area contributed by atoms with Crippen molar-refractivity contribution in [2.45, 2.75) is 11.3 Å². The maximum atomic E-state index is 12.8. The maximum Gasteiger partial charge on any atom is 0.433 e. The second-order valence-electron chi connectivity index (χ2n) is 3.63. The Kier molecular flexibility index (Phi) is 3.75. The third-order valence-electron chi connectivity index (χ3n) is 2.32. The highest BCUT2D eigenvalue weighted by Gasteiger charge is 2.33. The minimum atomic E-state index is -4.54. The summed E-state index contributed by atoms with van der Waals surface area (Å²) >= 11 is 1.01. The van der Waals surface area contributed by atoms with Crippen LogP contribution in [0.25, 0.3) is 11.3 Å². The molecular formula is C12H8F4N2S. The van der Waals surface area contributed by atoms with E-state index in [0.29, 0.717) is 5.56 Å². The summed E-state index contributed by atoms with van der Waals surface area (Å²) in [5, 5.41) is 0.0224. The normalized spacial score (nSPS) is 11.6. The summed E-state index contributed by atoms with van der Waals surface area (Å²) in [6.45, 7) is 0. The highest BCUT2D eigenvalue weighted by molar-refractivity contribution is 7.98. The first-order valence-electron chi connectivity index (χ1n) is 5.16. The van der Waals surface area contributed by atoms with Gasteiger partial charge in [-0.05, 0) is 36.6 Å². The molecule has 0 amide bonds. The van der Waals surface area contributed by atoms with Gasteiger partial charge in [-0.15, -0.1) is 0 Å². The Morgan fingerprint density at radius 2 is 1.68 bits per heavy atom. The molecule has 1 aromatic carbocycles. The first kappa shape index (κ1) is 13.8. The van der Waals surface area contributed by atoms with Crippen molar-refractivity contribution in [2.75, 3.05) is 6.26 Å². The van der Waals surface area contributed by atoms with Gasteiger partial charge in [-0.2, -0.15) is 13.2 Å². The average Bonchev–Trinajstić information content (AvgIpc) is 2.38. The Balaban J connectivity index is 2.54. The van der Waals surface area contributed by atoms with Crippen LogP contribution < -0.4 is 0 Å². The van der Waals surface area contributed by atoms with Gasteiger partial charge in [0.2, 0.25) is 0 Å². The number of halogens is 4. The van der Waals surface area contributed by atoms with Crippen LogP contribution in [-0.2, 0) is 6.18 Å². The van der Waals surface area contributed by atoms with Crippen molar-refractivity contribution in [1.29, 1.82) is 0 Å². The lowest BCUT2D eigenvalue weighted by atomic mass is 10.1. The fourth-order valence-electron chi connectivity index (χ4n) is 1.43. The summed E-state index contributed by atoms with van der Waals surface area (Å²) in [4.78, 5) is 7.41. The number of alkyl halides is 3. The highest BCUT2D eigenvalue weighted by atomic mass is 32.2. The number of nitrogens with zero attached hydrogens (tertiary/aromatic N) is 2. The Morgan fingerprint density at radius 1 is 1.05 bits per heavy atom. The van der Waals surface area contributed by atoms with Crippen molar-refractivity contribution >= 4 is 11.8 Å². The molecule has 0 aliphatic carbocycles. The number of aromatic nitrogens is 2. The van der Waals surface area contributed by atoms with Gasteiger partial charge in [0.15, 0.2) is 5.16 Å². The lowest BCUT2D eigenvalue weighted by Crippen LogP contribution is -2.09. The fraction of sp³-hybridized carbons (Fsp3) is 0.167. The molecule has 1 heterocycles.